The molecule has 1 aliphatic carbocycles. The largest absolute Gasteiger partial charge is 0.458 e. The molecule has 132 valence electrons. The van der Waals surface area contributed by atoms with Crippen LogP contribution in [0.5, 0.6) is 6.01 Å². The summed E-state index contributed by atoms with van der Waals surface area (Å²) in [6.45, 7) is 1.22. The monoisotopic (exact) mass is 406 g/mol. The van der Waals surface area contributed by atoms with Gasteiger partial charge in [-0.05, 0) is 48.0 Å². The van der Waals surface area contributed by atoms with Gasteiger partial charge in [0.1, 0.15) is 11.9 Å². The first kappa shape index (κ1) is 16.5. The summed E-state index contributed by atoms with van der Waals surface area (Å²) in [5.74, 6) is 0.819. The van der Waals surface area contributed by atoms with E-state index in [0.717, 1.165) is 54.3 Å². The van der Waals surface area contributed by atoms with Crippen LogP contribution in [0.3, 0.4) is 0 Å². The third kappa shape index (κ3) is 3.53. The fourth-order valence-corrected chi connectivity index (χ4v) is 3.64. The molecule has 1 saturated heterocycles. The fraction of sp³-hybridized carbons (Fsp3) is 0.529. The lowest BCUT2D eigenvalue weighted by Crippen LogP contribution is -2.45. The average molecular weight is 407 g/mol. The molecule has 0 saturated carbocycles. The normalized spacial score (nSPS) is 20.2. The van der Waals surface area contributed by atoms with Gasteiger partial charge in [0.05, 0.1) is 11.0 Å². The Kier molecular flexibility index (Phi) is 4.70. The van der Waals surface area contributed by atoms with Crippen molar-refractivity contribution >= 4 is 21.8 Å². The Labute approximate surface area is 153 Å². The summed E-state index contributed by atoms with van der Waals surface area (Å²) in [7, 11) is 0. The van der Waals surface area contributed by atoms with E-state index in [1.165, 1.54) is 0 Å². The van der Waals surface area contributed by atoms with E-state index in [1.807, 2.05) is 0 Å². The molecule has 25 heavy (non-hydrogen) atoms. The van der Waals surface area contributed by atoms with Crippen molar-refractivity contribution in [3.63, 3.8) is 0 Å². The smallest absolute Gasteiger partial charge is 0.316 e. The van der Waals surface area contributed by atoms with E-state index >= 15 is 0 Å². The molecule has 3 heterocycles. The number of amides is 1. The van der Waals surface area contributed by atoms with Crippen LogP contribution >= 0.6 is 15.9 Å². The highest BCUT2D eigenvalue weighted by Crippen LogP contribution is 2.26. The first-order chi connectivity index (χ1) is 12.2. The highest BCUT2D eigenvalue weighted by molar-refractivity contribution is 9.10. The number of hydrogen-bond donors (Lipinski definition) is 0. The zero-order valence-electron chi connectivity index (χ0n) is 13.8. The summed E-state index contributed by atoms with van der Waals surface area (Å²) in [6.07, 6.45) is 8.88. The summed E-state index contributed by atoms with van der Waals surface area (Å²) in [5.41, 5.74) is 1.48. The van der Waals surface area contributed by atoms with Crippen molar-refractivity contribution in [2.45, 2.75) is 44.6 Å². The van der Waals surface area contributed by atoms with Gasteiger partial charge in [0.2, 0.25) is 0 Å². The fourth-order valence-electron chi connectivity index (χ4n) is 3.43. The number of halogens is 1. The third-order valence-electron chi connectivity index (χ3n) is 4.69. The number of aryl methyl sites for hydroxylation is 1. The number of ether oxygens (including phenoxy) is 1. The van der Waals surface area contributed by atoms with E-state index in [0.29, 0.717) is 24.8 Å². The lowest BCUT2D eigenvalue weighted by molar-refractivity contribution is 0.0506. The maximum Gasteiger partial charge on any atom is 0.316 e. The number of piperidine rings is 1. The van der Waals surface area contributed by atoms with Crippen LogP contribution in [0, 0.1) is 0 Å². The van der Waals surface area contributed by atoms with Crippen LogP contribution in [0.1, 0.15) is 47.5 Å². The maximum atomic E-state index is 12.9. The van der Waals surface area contributed by atoms with Gasteiger partial charge in [0.25, 0.3) is 5.91 Å². The van der Waals surface area contributed by atoms with Gasteiger partial charge in [-0.15, -0.1) is 0 Å². The number of aromatic nitrogens is 3. The molecule has 2 aromatic rings. The van der Waals surface area contributed by atoms with E-state index in [1.54, 1.807) is 17.3 Å². The molecule has 1 atom stereocenters. The summed E-state index contributed by atoms with van der Waals surface area (Å²) >= 11 is 3.30. The number of likely N-dealkylation sites (tertiary alicyclic amines) is 1. The van der Waals surface area contributed by atoms with Gasteiger partial charge in [0.15, 0.2) is 5.69 Å². The van der Waals surface area contributed by atoms with Gasteiger partial charge in [-0.1, -0.05) is 5.16 Å². The minimum Gasteiger partial charge on any atom is -0.458 e. The molecule has 1 unspecified atom stereocenters. The van der Waals surface area contributed by atoms with E-state index in [9.17, 15) is 4.79 Å². The SMILES string of the molecule is O=C(c1noc2c1CCCC2)N1CCCC(Oc2ncc(Br)cn2)C1. The first-order valence-electron chi connectivity index (χ1n) is 8.61. The van der Waals surface area contributed by atoms with Crippen molar-refractivity contribution < 1.29 is 14.1 Å². The van der Waals surface area contributed by atoms with E-state index in [4.69, 9.17) is 9.26 Å². The minimum absolute atomic E-state index is 0.0584. The van der Waals surface area contributed by atoms with Crippen LogP contribution in [-0.2, 0) is 12.8 Å². The second-order valence-corrected chi connectivity index (χ2v) is 7.37. The Morgan fingerprint density at radius 3 is 2.88 bits per heavy atom. The van der Waals surface area contributed by atoms with Crippen molar-refractivity contribution in [2.75, 3.05) is 13.1 Å². The van der Waals surface area contributed by atoms with Crippen molar-refractivity contribution in [3.8, 4) is 6.01 Å². The molecule has 1 fully saturated rings. The number of carbonyl (C=O) groups excluding carboxylic acids is 1. The van der Waals surface area contributed by atoms with Crippen LogP contribution < -0.4 is 4.74 Å². The second-order valence-electron chi connectivity index (χ2n) is 6.46. The second kappa shape index (κ2) is 7.11. The van der Waals surface area contributed by atoms with Crippen LogP contribution in [0.25, 0.3) is 0 Å². The lowest BCUT2D eigenvalue weighted by Gasteiger charge is -2.32. The molecular formula is C17H19BrN4O3. The molecule has 0 radical (unpaired) electrons. The summed E-state index contributed by atoms with van der Waals surface area (Å²) < 4.78 is 12.0. The Hall–Kier alpha value is -1.96. The number of carbonyl (C=O) groups is 1. The Balaban J connectivity index is 1.44. The number of nitrogens with zero attached hydrogens (tertiary/aromatic N) is 4. The molecular weight excluding hydrogens is 388 g/mol. The van der Waals surface area contributed by atoms with Gasteiger partial charge in [0, 0.05) is 30.9 Å². The van der Waals surface area contributed by atoms with E-state index in [2.05, 4.69) is 31.1 Å². The van der Waals surface area contributed by atoms with Crippen LogP contribution in [0.15, 0.2) is 21.4 Å². The van der Waals surface area contributed by atoms with Gasteiger partial charge >= 0.3 is 6.01 Å². The molecule has 1 amide bonds. The zero-order valence-corrected chi connectivity index (χ0v) is 15.4. The van der Waals surface area contributed by atoms with Crippen molar-refractivity contribution in [1.82, 2.24) is 20.0 Å². The van der Waals surface area contributed by atoms with Gasteiger partial charge < -0.3 is 14.2 Å². The number of hydrogen-bond acceptors (Lipinski definition) is 6. The van der Waals surface area contributed by atoms with Crippen LogP contribution in [0.2, 0.25) is 0 Å². The standard InChI is InChI=1S/C17H19BrN4O3/c18-11-8-19-17(20-9-11)24-12-4-3-7-22(10-12)16(23)15-13-5-1-2-6-14(13)25-21-15/h8-9,12H,1-7,10H2. The zero-order chi connectivity index (χ0) is 17.2. The van der Waals surface area contributed by atoms with Gasteiger partial charge in [-0.25, -0.2) is 9.97 Å². The molecule has 0 aromatic carbocycles. The molecule has 2 aliphatic rings. The predicted molar refractivity (Wildman–Crippen MR) is 92.4 cm³/mol. The molecule has 0 N–H and O–H groups in total. The average Bonchev–Trinajstić information content (AvgIpc) is 3.07. The highest BCUT2D eigenvalue weighted by atomic mass is 79.9. The predicted octanol–water partition coefficient (Wildman–Crippen LogP) is 2.79. The number of fused-ring (bicyclic) bond motifs is 1. The van der Waals surface area contributed by atoms with Gasteiger partial charge in [-0.2, -0.15) is 0 Å². The minimum atomic E-state index is -0.110. The van der Waals surface area contributed by atoms with Crippen molar-refractivity contribution in [2.24, 2.45) is 0 Å². The summed E-state index contributed by atoms with van der Waals surface area (Å²) in [4.78, 5) is 23.0. The molecule has 0 spiro atoms. The van der Waals surface area contributed by atoms with E-state index in [-0.39, 0.29) is 12.0 Å². The van der Waals surface area contributed by atoms with Gasteiger partial charge in [-0.3, -0.25) is 4.79 Å². The van der Waals surface area contributed by atoms with Crippen molar-refractivity contribution in [3.05, 3.63) is 33.9 Å². The van der Waals surface area contributed by atoms with Crippen LogP contribution in [0.4, 0.5) is 0 Å². The molecule has 1 aliphatic heterocycles. The molecule has 7 nitrogen and oxygen atoms in total. The Bertz CT molecular complexity index is 762. The highest BCUT2D eigenvalue weighted by Gasteiger charge is 2.31. The first-order valence-corrected chi connectivity index (χ1v) is 9.41. The Morgan fingerprint density at radius 1 is 1.24 bits per heavy atom. The maximum absolute atomic E-state index is 12.9. The quantitative estimate of drug-likeness (QED) is 0.779. The topological polar surface area (TPSA) is 81.4 Å². The molecule has 4 rings (SSSR count). The lowest BCUT2D eigenvalue weighted by atomic mass is 9.96. The number of rotatable bonds is 3. The van der Waals surface area contributed by atoms with Crippen molar-refractivity contribution in [1.29, 1.82) is 0 Å². The molecule has 8 heteroatoms. The molecule has 2 aromatic heterocycles. The van der Waals surface area contributed by atoms with Crippen LogP contribution in [-0.4, -0.2) is 45.1 Å². The van der Waals surface area contributed by atoms with E-state index < -0.39 is 0 Å². The third-order valence-corrected chi connectivity index (χ3v) is 5.10. The Morgan fingerprint density at radius 2 is 2.04 bits per heavy atom. The summed E-state index contributed by atoms with van der Waals surface area (Å²) in [5, 5.41) is 4.05. The summed E-state index contributed by atoms with van der Waals surface area (Å²) in [6, 6.07) is 0.335. The molecule has 0 bridgehead atoms.